The lowest BCUT2D eigenvalue weighted by atomic mass is 9.80. The molecule has 2 heteroatoms. The summed E-state index contributed by atoms with van der Waals surface area (Å²) in [6, 6.07) is 35.3. The van der Waals surface area contributed by atoms with Crippen molar-refractivity contribution in [3.8, 4) is 28.7 Å². The second-order valence-electron chi connectivity index (χ2n) is 16.7. The van der Waals surface area contributed by atoms with Crippen LogP contribution in [0.4, 0.5) is 0 Å². The first-order valence-electron chi connectivity index (χ1n) is 20.8. The first-order valence-corrected chi connectivity index (χ1v) is 21.6. The second kappa shape index (κ2) is 13.4. The summed E-state index contributed by atoms with van der Waals surface area (Å²) in [4.78, 5) is 1.54. The van der Waals surface area contributed by atoms with E-state index in [1.54, 1.807) is 4.88 Å². The number of hydrogen-bond donors (Lipinski definition) is 0. The van der Waals surface area contributed by atoms with E-state index in [2.05, 4.69) is 171 Å². The highest BCUT2D eigenvalue weighted by molar-refractivity contribution is 7.19. The highest BCUT2D eigenvalue weighted by atomic mass is 32.1. The summed E-state index contributed by atoms with van der Waals surface area (Å²) in [5, 5.41) is 4.09. The van der Waals surface area contributed by atoms with E-state index in [4.69, 9.17) is 0 Å². The molecular weight excluding hydrogens is 707 g/mol. The van der Waals surface area contributed by atoms with Gasteiger partial charge in [-0.05, 0) is 142 Å². The fraction of sp³-hybridized carbons (Fsp3) is 0.200. The van der Waals surface area contributed by atoms with Crippen LogP contribution in [-0.4, -0.2) is 4.57 Å². The third-order valence-electron chi connectivity index (χ3n) is 12.9. The molecule has 2 aromatic heterocycles. The normalized spacial score (nSPS) is 17.7. The van der Waals surface area contributed by atoms with Crippen molar-refractivity contribution in [2.45, 2.75) is 71.1 Å². The molecule has 11 rings (SSSR count). The molecule has 0 aliphatic heterocycles. The van der Waals surface area contributed by atoms with E-state index in [9.17, 15) is 0 Å². The number of thiophene rings is 1. The molecule has 0 unspecified atom stereocenters. The van der Waals surface area contributed by atoms with E-state index in [-0.39, 0.29) is 5.41 Å². The van der Waals surface area contributed by atoms with Gasteiger partial charge in [-0.15, -0.1) is 11.3 Å². The summed E-state index contributed by atoms with van der Waals surface area (Å²) in [6.45, 7) is 7.08. The number of fused-ring (bicyclic) bond motifs is 11. The van der Waals surface area contributed by atoms with Gasteiger partial charge in [0.05, 0.1) is 11.0 Å². The van der Waals surface area contributed by atoms with Crippen molar-refractivity contribution < 1.29 is 0 Å². The molecule has 4 aliphatic carbocycles. The van der Waals surface area contributed by atoms with E-state index in [0.29, 0.717) is 0 Å². The van der Waals surface area contributed by atoms with Crippen molar-refractivity contribution in [3.63, 3.8) is 0 Å². The summed E-state index contributed by atoms with van der Waals surface area (Å²) >= 11 is 2.00. The number of nitrogens with zero attached hydrogens (tertiary/aromatic N) is 1. The Morgan fingerprint density at radius 3 is 2.58 bits per heavy atom. The van der Waals surface area contributed by atoms with Gasteiger partial charge < -0.3 is 4.57 Å². The van der Waals surface area contributed by atoms with Gasteiger partial charge in [-0.3, -0.25) is 0 Å². The second-order valence-corrected chi connectivity index (χ2v) is 17.8. The van der Waals surface area contributed by atoms with Crippen molar-refractivity contribution in [2.24, 2.45) is 0 Å². The Labute approximate surface area is 340 Å². The molecule has 57 heavy (non-hydrogen) atoms. The Balaban J connectivity index is 1.07. The molecule has 0 saturated carbocycles. The third-order valence-corrected chi connectivity index (χ3v) is 14.1. The first-order chi connectivity index (χ1) is 28.0. The summed E-state index contributed by atoms with van der Waals surface area (Å²) in [5.41, 5.74) is 20.0. The minimum absolute atomic E-state index is 0.126. The molecule has 4 aliphatic rings. The minimum atomic E-state index is -0.126. The van der Waals surface area contributed by atoms with Crippen LogP contribution in [0.15, 0.2) is 133 Å². The van der Waals surface area contributed by atoms with Crippen molar-refractivity contribution in [1.29, 1.82) is 0 Å². The van der Waals surface area contributed by atoms with Gasteiger partial charge in [0.1, 0.15) is 0 Å². The predicted octanol–water partition coefficient (Wildman–Crippen LogP) is 14.5. The number of rotatable bonds is 5. The zero-order valence-corrected chi connectivity index (χ0v) is 33.8. The zero-order chi connectivity index (χ0) is 38.3. The lowest BCUT2D eigenvalue weighted by Gasteiger charge is -2.24. The van der Waals surface area contributed by atoms with Crippen LogP contribution in [0, 0.1) is 11.8 Å². The lowest BCUT2D eigenvalue weighted by Crippen LogP contribution is -2.16. The van der Waals surface area contributed by atoms with Crippen LogP contribution in [0.5, 0.6) is 0 Å². The van der Waals surface area contributed by atoms with E-state index < -0.39 is 0 Å². The van der Waals surface area contributed by atoms with Gasteiger partial charge in [-0.25, -0.2) is 0 Å². The van der Waals surface area contributed by atoms with Gasteiger partial charge in [0.25, 0.3) is 0 Å². The molecule has 0 atom stereocenters. The Hall–Kier alpha value is -5.88. The Morgan fingerprint density at radius 1 is 0.807 bits per heavy atom. The molecule has 0 N–H and O–H groups in total. The van der Waals surface area contributed by atoms with Gasteiger partial charge >= 0.3 is 0 Å². The molecule has 0 fully saturated rings. The number of benzene rings is 5. The zero-order valence-electron chi connectivity index (χ0n) is 33.0. The van der Waals surface area contributed by atoms with E-state index in [1.807, 2.05) is 11.3 Å². The van der Waals surface area contributed by atoms with Gasteiger partial charge in [-0.2, -0.15) is 0 Å². The first kappa shape index (κ1) is 34.4. The molecule has 0 spiro atoms. The van der Waals surface area contributed by atoms with Crippen molar-refractivity contribution in [1.82, 2.24) is 4.57 Å². The fourth-order valence-corrected chi connectivity index (χ4v) is 11.4. The summed E-state index contributed by atoms with van der Waals surface area (Å²) in [5.74, 6) is 6.71. The number of hydrogen-bond acceptors (Lipinski definition) is 1. The van der Waals surface area contributed by atoms with E-state index >= 15 is 0 Å². The van der Waals surface area contributed by atoms with Crippen LogP contribution < -0.4 is 0 Å². The quantitative estimate of drug-likeness (QED) is 0.154. The van der Waals surface area contributed by atoms with Gasteiger partial charge in [0.2, 0.25) is 0 Å². The highest BCUT2D eigenvalue weighted by Crippen LogP contribution is 2.54. The highest BCUT2D eigenvalue weighted by Gasteiger charge is 2.38. The molecule has 276 valence electrons. The molecule has 0 saturated heterocycles. The van der Waals surface area contributed by atoms with Crippen LogP contribution in [0.2, 0.25) is 0 Å². The predicted molar refractivity (Wildman–Crippen MR) is 245 cm³/mol. The molecular formula is C55H45NS. The maximum atomic E-state index is 3.41. The summed E-state index contributed by atoms with van der Waals surface area (Å²) in [7, 11) is 0. The Morgan fingerprint density at radius 2 is 1.67 bits per heavy atom. The monoisotopic (exact) mass is 751 g/mol. The smallest absolute Gasteiger partial charge is 0.0541 e. The van der Waals surface area contributed by atoms with E-state index in [1.165, 1.54) is 98.8 Å². The van der Waals surface area contributed by atoms with Crippen LogP contribution in [-0.2, 0) is 24.7 Å². The Kier molecular flexibility index (Phi) is 8.06. The summed E-state index contributed by atoms with van der Waals surface area (Å²) in [6.07, 6.45) is 23.3. The van der Waals surface area contributed by atoms with Crippen LogP contribution in [0.3, 0.4) is 0 Å². The molecule has 2 heterocycles. The average Bonchev–Trinajstić information content (AvgIpc) is 3.77. The molecule has 1 nitrogen and oxygen atoms in total. The number of allylic oxidation sites excluding steroid dienone is 8. The average molecular weight is 752 g/mol. The van der Waals surface area contributed by atoms with Crippen LogP contribution in [0.1, 0.15) is 90.3 Å². The number of aromatic nitrogens is 1. The Bertz CT molecular complexity index is 3080. The molecule has 5 aromatic carbocycles. The van der Waals surface area contributed by atoms with Gasteiger partial charge in [0, 0.05) is 48.8 Å². The fourth-order valence-electron chi connectivity index (χ4n) is 10.1. The third kappa shape index (κ3) is 5.51. The van der Waals surface area contributed by atoms with Crippen molar-refractivity contribution in [2.75, 3.05) is 0 Å². The van der Waals surface area contributed by atoms with Crippen molar-refractivity contribution >= 4 is 61.0 Å². The van der Waals surface area contributed by atoms with Crippen LogP contribution >= 0.6 is 11.3 Å². The molecule has 0 amide bonds. The minimum Gasteiger partial charge on any atom is -0.309 e. The topological polar surface area (TPSA) is 4.93 Å². The van der Waals surface area contributed by atoms with Gasteiger partial charge in [-0.1, -0.05) is 124 Å². The maximum absolute atomic E-state index is 3.41. The van der Waals surface area contributed by atoms with Gasteiger partial charge in [0.15, 0.2) is 0 Å². The van der Waals surface area contributed by atoms with E-state index in [0.717, 1.165) is 50.5 Å². The summed E-state index contributed by atoms with van der Waals surface area (Å²) < 4.78 is 3.95. The SMILES string of the molecule is CC/C=C1/C#CCC=C/C1=C/Cc1ccc2c(c1)c1cc(C3=Cc4ccccc4CC3)ccc1n2-c1ccc2c(c1)C(C)(C)c1c-2ccc2sc3c(c12)C=CCC3. The maximum Gasteiger partial charge on any atom is 0.0541 e. The van der Waals surface area contributed by atoms with Crippen LogP contribution in [0.25, 0.3) is 66.4 Å². The molecule has 7 aromatic rings. The molecule has 0 bridgehead atoms. The standard InChI is InChI=1S/C55H45NS/c1-4-12-36-13-6-5-7-14-37(36)21-19-35-20-28-49-46(31-35)47-33-41(40-23-22-38-15-8-9-16-39(38)32-40)24-29-50(47)56(49)42-25-26-43-44-27-30-52-53(45-17-10-11-18-51(45)57-52)54(44)55(2,3)48(43)34-42/h7-10,12,14-17,20-21,24-34H,4-5,11,18-19,22-23H2,1-3H3/b36-12-,37-21-. The molecule has 0 radical (unpaired) electrons. The number of aryl methyl sites for hydroxylation is 2. The van der Waals surface area contributed by atoms with Crippen molar-refractivity contribution in [3.05, 3.63) is 176 Å². The lowest BCUT2D eigenvalue weighted by molar-refractivity contribution is 0.665. The largest absolute Gasteiger partial charge is 0.309 e.